The minimum atomic E-state index is -0.0210. The maximum Gasteiger partial charge on any atom is 0.232 e. The minimum absolute atomic E-state index is 0.0210. The molecule has 0 aromatic heterocycles. The van der Waals surface area contributed by atoms with Crippen LogP contribution in [0.15, 0.2) is 30.3 Å². The summed E-state index contributed by atoms with van der Waals surface area (Å²) >= 11 is 1.66. The van der Waals surface area contributed by atoms with Gasteiger partial charge in [0.25, 0.3) is 0 Å². The van der Waals surface area contributed by atoms with E-state index in [9.17, 15) is 4.79 Å². The Labute approximate surface area is 120 Å². The molecule has 0 aliphatic heterocycles. The monoisotopic (exact) mass is 281 g/mol. The molecule has 0 fully saturated rings. The van der Waals surface area contributed by atoms with Crippen molar-refractivity contribution in [1.29, 1.82) is 0 Å². The van der Waals surface area contributed by atoms with E-state index in [0.29, 0.717) is 13.2 Å². The first kappa shape index (κ1) is 16.1. The lowest BCUT2D eigenvalue weighted by atomic mass is 10.2. The molecule has 1 aromatic carbocycles. The number of ether oxygens (including phenoxy) is 1. The molecule has 1 atom stereocenters. The van der Waals surface area contributed by atoms with Crippen LogP contribution in [0.4, 0.5) is 0 Å². The lowest BCUT2D eigenvalue weighted by molar-refractivity contribution is -0.120. The molecule has 1 N–H and O–H groups in total. The van der Waals surface area contributed by atoms with Crippen molar-refractivity contribution in [2.75, 3.05) is 19.8 Å². The fraction of sp³-hybridized carbons (Fsp3) is 0.533. The number of hydrogen-bond acceptors (Lipinski definition) is 3. The lowest BCUT2D eigenvalue weighted by Crippen LogP contribution is -2.32. The summed E-state index contributed by atoms with van der Waals surface area (Å²) in [5.41, 5.74) is 1.25. The molecular formula is C15H23NO2S. The zero-order valence-electron chi connectivity index (χ0n) is 11.7. The van der Waals surface area contributed by atoms with Crippen molar-refractivity contribution < 1.29 is 9.53 Å². The van der Waals surface area contributed by atoms with Crippen LogP contribution in [0, 0.1) is 0 Å². The van der Waals surface area contributed by atoms with Crippen LogP contribution in [0.3, 0.4) is 0 Å². The highest BCUT2D eigenvalue weighted by atomic mass is 32.2. The Bertz CT molecular complexity index is 356. The quantitative estimate of drug-likeness (QED) is 0.707. The van der Waals surface area contributed by atoms with Crippen LogP contribution in [0.1, 0.15) is 25.8 Å². The molecule has 0 spiro atoms. The standard InChI is InChI=1S/C15H23NO2S/c1-3-18-11-7-10-16-15(17)13(2)19-12-14-8-5-4-6-9-14/h4-6,8-9,13H,3,7,10-12H2,1-2H3,(H,16,17)/t13-/m0/s1. The van der Waals surface area contributed by atoms with Gasteiger partial charge in [-0.25, -0.2) is 0 Å². The van der Waals surface area contributed by atoms with Gasteiger partial charge in [0.2, 0.25) is 5.91 Å². The maximum atomic E-state index is 11.8. The van der Waals surface area contributed by atoms with Gasteiger partial charge in [0.1, 0.15) is 0 Å². The number of benzene rings is 1. The molecule has 4 heteroatoms. The Morgan fingerprint density at radius 1 is 1.37 bits per heavy atom. The van der Waals surface area contributed by atoms with E-state index in [2.05, 4.69) is 17.4 Å². The summed E-state index contributed by atoms with van der Waals surface area (Å²) in [6.45, 7) is 6.06. The summed E-state index contributed by atoms with van der Waals surface area (Å²) in [6.07, 6.45) is 0.871. The highest BCUT2D eigenvalue weighted by Gasteiger charge is 2.12. The van der Waals surface area contributed by atoms with E-state index in [1.54, 1.807) is 11.8 Å². The fourth-order valence-electron chi connectivity index (χ4n) is 1.55. The van der Waals surface area contributed by atoms with Gasteiger partial charge in [0.15, 0.2) is 0 Å². The molecule has 0 saturated heterocycles. The van der Waals surface area contributed by atoms with Gasteiger partial charge in [0, 0.05) is 25.5 Å². The van der Waals surface area contributed by atoms with E-state index < -0.39 is 0 Å². The Morgan fingerprint density at radius 3 is 2.79 bits per heavy atom. The normalized spacial score (nSPS) is 12.1. The molecule has 106 valence electrons. The first-order valence-corrected chi connectivity index (χ1v) is 7.80. The molecule has 0 heterocycles. The number of thioether (sulfide) groups is 1. The molecule has 0 bridgehead atoms. The molecule has 1 rings (SSSR count). The van der Waals surface area contributed by atoms with Crippen LogP contribution in [-0.4, -0.2) is 30.9 Å². The first-order chi connectivity index (χ1) is 9.24. The lowest BCUT2D eigenvalue weighted by Gasteiger charge is -2.12. The number of nitrogens with one attached hydrogen (secondary N) is 1. The Kier molecular flexibility index (Phi) is 8.34. The average Bonchev–Trinajstić information content (AvgIpc) is 2.45. The van der Waals surface area contributed by atoms with E-state index in [0.717, 1.165) is 18.8 Å². The minimum Gasteiger partial charge on any atom is -0.382 e. The van der Waals surface area contributed by atoms with Crippen molar-refractivity contribution in [3.63, 3.8) is 0 Å². The number of carbonyl (C=O) groups is 1. The van der Waals surface area contributed by atoms with Gasteiger partial charge < -0.3 is 10.1 Å². The Morgan fingerprint density at radius 2 is 2.11 bits per heavy atom. The smallest absolute Gasteiger partial charge is 0.232 e. The van der Waals surface area contributed by atoms with Gasteiger partial charge in [-0.2, -0.15) is 0 Å². The molecule has 1 aromatic rings. The van der Waals surface area contributed by atoms with E-state index in [4.69, 9.17) is 4.74 Å². The summed E-state index contributed by atoms with van der Waals surface area (Å²) in [5, 5.41) is 2.92. The molecule has 0 saturated carbocycles. The molecule has 19 heavy (non-hydrogen) atoms. The molecular weight excluding hydrogens is 258 g/mol. The second kappa shape index (κ2) is 9.87. The molecule has 3 nitrogen and oxygen atoms in total. The van der Waals surface area contributed by atoms with Gasteiger partial charge in [0.05, 0.1) is 5.25 Å². The fourth-order valence-corrected chi connectivity index (χ4v) is 2.41. The molecule has 0 unspecified atom stereocenters. The summed E-state index contributed by atoms with van der Waals surface area (Å²) in [5.74, 6) is 0.978. The number of rotatable bonds is 9. The highest BCUT2D eigenvalue weighted by molar-refractivity contribution is 7.99. The number of hydrogen-bond donors (Lipinski definition) is 1. The second-order valence-corrected chi connectivity index (χ2v) is 5.61. The van der Waals surface area contributed by atoms with Crippen molar-refractivity contribution in [1.82, 2.24) is 5.32 Å². The van der Waals surface area contributed by atoms with E-state index in [1.165, 1.54) is 5.56 Å². The van der Waals surface area contributed by atoms with Crippen LogP contribution in [0.5, 0.6) is 0 Å². The van der Waals surface area contributed by atoms with Gasteiger partial charge in [-0.1, -0.05) is 30.3 Å². The predicted octanol–water partition coefficient (Wildman–Crippen LogP) is 2.85. The Hall–Kier alpha value is -1.00. The third-order valence-corrected chi connectivity index (χ3v) is 3.89. The van der Waals surface area contributed by atoms with Crippen molar-refractivity contribution in [3.8, 4) is 0 Å². The predicted molar refractivity (Wildman–Crippen MR) is 81.3 cm³/mol. The topological polar surface area (TPSA) is 38.3 Å². The van der Waals surface area contributed by atoms with Crippen molar-refractivity contribution in [2.45, 2.75) is 31.3 Å². The van der Waals surface area contributed by atoms with E-state index >= 15 is 0 Å². The van der Waals surface area contributed by atoms with Gasteiger partial charge >= 0.3 is 0 Å². The van der Waals surface area contributed by atoms with Crippen LogP contribution in [0.25, 0.3) is 0 Å². The maximum absolute atomic E-state index is 11.8. The van der Waals surface area contributed by atoms with Crippen LogP contribution >= 0.6 is 11.8 Å². The summed E-state index contributed by atoms with van der Waals surface area (Å²) in [6, 6.07) is 10.2. The van der Waals surface area contributed by atoms with E-state index in [1.807, 2.05) is 32.0 Å². The molecule has 0 radical (unpaired) electrons. The van der Waals surface area contributed by atoms with Gasteiger partial charge in [-0.05, 0) is 25.8 Å². The largest absolute Gasteiger partial charge is 0.382 e. The third-order valence-electron chi connectivity index (χ3n) is 2.68. The molecule has 0 aliphatic carbocycles. The zero-order valence-corrected chi connectivity index (χ0v) is 12.5. The first-order valence-electron chi connectivity index (χ1n) is 6.75. The van der Waals surface area contributed by atoms with Crippen molar-refractivity contribution in [2.24, 2.45) is 0 Å². The number of amides is 1. The molecule has 1 amide bonds. The zero-order chi connectivity index (χ0) is 13.9. The third kappa shape index (κ3) is 7.23. The van der Waals surface area contributed by atoms with Crippen molar-refractivity contribution in [3.05, 3.63) is 35.9 Å². The SMILES string of the molecule is CCOCCCNC(=O)[C@H](C)SCc1ccccc1. The van der Waals surface area contributed by atoms with Crippen LogP contribution in [-0.2, 0) is 15.3 Å². The second-order valence-electron chi connectivity index (χ2n) is 4.28. The Balaban J connectivity index is 2.14. The highest BCUT2D eigenvalue weighted by Crippen LogP contribution is 2.17. The number of carbonyl (C=O) groups excluding carboxylic acids is 1. The summed E-state index contributed by atoms with van der Waals surface area (Å²) in [4.78, 5) is 11.8. The summed E-state index contributed by atoms with van der Waals surface area (Å²) < 4.78 is 5.22. The summed E-state index contributed by atoms with van der Waals surface area (Å²) in [7, 11) is 0. The van der Waals surface area contributed by atoms with Crippen LogP contribution in [0.2, 0.25) is 0 Å². The average molecular weight is 281 g/mol. The van der Waals surface area contributed by atoms with Crippen LogP contribution < -0.4 is 5.32 Å². The van der Waals surface area contributed by atoms with Crippen molar-refractivity contribution >= 4 is 17.7 Å². The van der Waals surface area contributed by atoms with Gasteiger partial charge in [-0.15, -0.1) is 11.8 Å². The van der Waals surface area contributed by atoms with E-state index in [-0.39, 0.29) is 11.2 Å². The van der Waals surface area contributed by atoms with Gasteiger partial charge in [-0.3, -0.25) is 4.79 Å². The molecule has 0 aliphatic rings.